The van der Waals surface area contributed by atoms with Crippen LogP contribution in [-0.2, 0) is 0 Å². The van der Waals surface area contributed by atoms with Crippen molar-refractivity contribution in [2.24, 2.45) is 11.0 Å². The molecule has 0 bridgehead atoms. The predicted octanol–water partition coefficient (Wildman–Crippen LogP) is 8.18. The van der Waals surface area contributed by atoms with E-state index in [1.54, 1.807) is 0 Å². The minimum absolute atomic E-state index is 0.0444. The first kappa shape index (κ1) is 28.4. The molecule has 1 aliphatic rings. The Morgan fingerprint density at radius 1 is 0.780 bits per heavy atom. The second-order valence-electron chi connectivity index (χ2n) is 10.8. The molecule has 0 spiro atoms. The number of hydrazone groups is 1. The lowest BCUT2D eigenvalue weighted by molar-refractivity contribution is 0.653. The molecule has 0 fully saturated rings. The molecule has 212 valence electrons. The third-order valence-electron chi connectivity index (χ3n) is 8.38. The number of rotatable bonds is 10. The van der Waals surface area contributed by atoms with Crippen molar-refractivity contribution in [3.63, 3.8) is 0 Å². The smallest absolute Gasteiger partial charge is 0.150 e. The highest BCUT2D eigenvalue weighted by atomic mass is 15.5. The molecule has 3 aromatic carbocycles. The molecule has 41 heavy (non-hydrogen) atoms. The Morgan fingerprint density at radius 3 is 1.98 bits per heavy atom. The number of fused-ring (bicyclic) bond motifs is 1. The van der Waals surface area contributed by atoms with Crippen LogP contribution in [0.3, 0.4) is 0 Å². The van der Waals surface area contributed by atoms with Gasteiger partial charge in [-0.15, -0.1) is 0 Å². The molecule has 2 unspecified atom stereocenters. The van der Waals surface area contributed by atoms with E-state index in [-0.39, 0.29) is 12.0 Å². The van der Waals surface area contributed by atoms with Gasteiger partial charge in [0.15, 0.2) is 0 Å². The largest absolute Gasteiger partial charge is 0.372 e. The van der Waals surface area contributed by atoms with E-state index in [9.17, 15) is 0 Å². The van der Waals surface area contributed by atoms with Crippen LogP contribution in [0.5, 0.6) is 0 Å². The molecule has 0 N–H and O–H groups in total. The van der Waals surface area contributed by atoms with E-state index in [4.69, 9.17) is 10.1 Å². The van der Waals surface area contributed by atoms with Gasteiger partial charge in [-0.05, 0) is 87.7 Å². The Kier molecular flexibility index (Phi) is 8.72. The number of nitrogens with zero attached hydrogens (tertiary/aromatic N) is 5. The molecule has 2 atom stereocenters. The number of benzene rings is 3. The van der Waals surface area contributed by atoms with Crippen LogP contribution in [-0.4, -0.2) is 42.9 Å². The highest BCUT2D eigenvalue weighted by molar-refractivity contribution is 6.05. The average Bonchev–Trinajstić information content (AvgIpc) is 3.34. The second kappa shape index (κ2) is 12.6. The summed E-state index contributed by atoms with van der Waals surface area (Å²) >= 11 is 0. The molecule has 4 aromatic rings. The molecule has 0 aliphatic carbocycles. The van der Waals surface area contributed by atoms with Crippen molar-refractivity contribution in [2.75, 3.05) is 41.0 Å². The molecule has 1 aromatic heterocycles. The molecule has 2 heterocycles. The standard InChI is InChI=1S/C36H43N5/c1-7-39(8-2)30-20-15-28(16-21-30)17-24-34-27(6)36(29-18-22-31(23-19-29)40(9-3)10-4)38-41(34)35-25-26(5)32-13-11-12-14-33(32)37-35/h11-25,27,34H,7-10H2,1-6H3. The summed E-state index contributed by atoms with van der Waals surface area (Å²) in [6.07, 6.45) is 4.53. The van der Waals surface area contributed by atoms with Crippen LogP contribution >= 0.6 is 0 Å². The molecule has 0 amide bonds. The lowest BCUT2D eigenvalue weighted by Gasteiger charge is -2.24. The van der Waals surface area contributed by atoms with E-state index < -0.39 is 0 Å². The van der Waals surface area contributed by atoms with Gasteiger partial charge in [0.2, 0.25) is 0 Å². The monoisotopic (exact) mass is 545 g/mol. The first-order chi connectivity index (χ1) is 20.0. The molecular weight excluding hydrogens is 502 g/mol. The Morgan fingerprint density at radius 2 is 1.37 bits per heavy atom. The zero-order valence-corrected chi connectivity index (χ0v) is 25.4. The van der Waals surface area contributed by atoms with Crippen molar-refractivity contribution in [1.82, 2.24) is 4.98 Å². The first-order valence-corrected chi connectivity index (χ1v) is 15.1. The molecule has 0 radical (unpaired) electrons. The molecule has 1 aliphatic heterocycles. The maximum atomic E-state index is 5.24. The van der Waals surface area contributed by atoms with E-state index in [0.29, 0.717) is 0 Å². The van der Waals surface area contributed by atoms with Crippen molar-refractivity contribution in [3.8, 4) is 0 Å². The molecule has 5 rings (SSSR count). The van der Waals surface area contributed by atoms with Gasteiger partial charge in [0.1, 0.15) is 5.82 Å². The zero-order valence-electron chi connectivity index (χ0n) is 25.4. The summed E-state index contributed by atoms with van der Waals surface area (Å²) in [5.74, 6) is 1.07. The topological polar surface area (TPSA) is 35.0 Å². The van der Waals surface area contributed by atoms with Crippen LogP contribution in [0.2, 0.25) is 0 Å². The quantitative estimate of drug-likeness (QED) is 0.201. The van der Waals surface area contributed by atoms with Crippen molar-refractivity contribution in [1.29, 1.82) is 0 Å². The summed E-state index contributed by atoms with van der Waals surface area (Å²) in [7, 11) is 0. The summed E-state index contributed by atoms with van der Waals surface area (Å²) in [4.78, 5) is 9.81. The zero-order chi connectivity index (χ0) is 28.9. The van der Waals surface area contributed by atoms with Gasteiger partial charge in [-0.3, -0.25) is 0 Å². The SMILES string of the molecule is CCN(CC)c1ccc(C=CC2C(C)C(c3ccc(N(CC)CC)cc3)=NN2c2cc(C)c3ccccc3n2)cc1. The Bertz CT molecular complexity index is 1510. The van der Waals surface area contributed by atoms with Gasteiger partial charge < -0.3 is 9.80 Å². The molecule has 0 saturated heterocycles. The van der Waals surface area contributed by atoms with Crippen molar-refractivity contribution in [3.05, 3.63) is 102 Å². The van der Waals surface area contributed by atoms with Crippen molar-refractivity contribution in [2.45, 2.75) is 47.6 Å². The predicted molar refractivity (Wildman–Crippen MR) is 177 cm³/mol. The van der Waals surface area contributed by atoms with E-state index >= 15 is 0 Å². The molecular formula is C36H43N5. The van der Waals surface area contributed by atoms with Gasteiger partial charge in [0.05, 0.1) is 17.3 Å². The number of para-hydroxylation sites is 1. The van der Waals surface area contributed by atoms with Gasteiger partial charge in [-0.25, -0.2) is 9.99 Å². The van der Waals surface area contributed by atoms with Crippen molar-refractivity contribution < 1.29 is 0 Å². The lowest BCUT2D eigenvalue weighted by atomic mass is 9.92. The van der Waals surface area contributed by atoms with E-state index in [0.717, 1.165) is 48.8 Å². The van der Waals surface area contributed by atoms with E-state index in [1.807, 2.05) is 0 Å². The molecule has 5 heteroatoms. The van der Waals surface area contributed by atoms with Crippen molar-refractivity contribution >= 4 is 39.9 Å². The molecule has 0 saturated carbocycles. The first-order valence-electron chi connectivity index (χ1n) is 15.1. The summed E-state index contributed by atoms with van der Waals surface area (Å²) in [6.45, 7) is 17.2. The fraction of sp³-hybridized carbons (Fsp3) is 0.333. The number of pyridine rings is 1. The summed E-state index contributed by atoms with van der Waals surface area (Å²) in [6, 6.07) is 28.3. The second-order valence-corrected chi connectivity index (χ2v) is 10.8. The summed E-state index contributed by atoms with van der Waals surface area (Å²) in [5.41, 5.74) is 8.16. The fourth-order valence-electron chi connectivity index (χ4n) is 5.90. The van der Waals surface area contributed by atoms with E-state index in [1.165, 1.54) is 27.9 Å². The van der Waals surface area contributed by atoms with Crippen LogP contribution in [0.25, 0.3) is 17.0 Å². The highest BCUT2D eigenvalue weighted by Gasteiger charge is 2.35. The highest BCUT2D eigenvalue weighted by Crippen LogP contribution is 2.33. The minimum atomic E-state index is 0.0444. The van der Waals surface area contributed by atoms with Crippen LogP contribution in [0.4, 0.5) is 17.2 Å². The van der Waals surface area contributed by atoms with Gasteiger partial charge in [0, 0.05) is 48.9 Å². The lowest BCUT2D eigenvalue weighted by Crippen LogP contribution is -2.30. The van der Waals surface area contributed by atoms with Gasteiger partial charge in [-0.2, -0.15) is 5.10 Å². The minimum Gasteiger partial charge on any atom is -0.372 e. The number of anilines is 3. The maximum Gasteiger partial charge on any atom is 0.150 e. The van der Waals surface area contributed by atoms with Crippen LogP contribution < -0.4 is 14.8 Å². The maximum absolute atomic E-state index is 5.24. The summed E-state index contributed by atoms with van der Waals surface area (Å²) < 4.78 is 0. The third-order valence-corrected chi connectivity index (χ3v) is 8.38. The number of hydrogen-bond acceptors (Lipinski definition) is 5. The Hall–Kier alpha value is -4.12. The average molecular weight is 546 g/mol. The van der Waals surface area contributed by atoms with Gasteiger partial charge in [0.25, 0.3) is 0 Å². The van der Waals surface area contributed by atoms with Gasteiger partial charge >= 0.3 is 0 Å². The Balaban J connectivity index is 1.51. The summed E-state index contributed by atoms with van der Waals surface area (Å²) in [5, 5.41) is 8.55. The number of hydrogen-bond donors (Lipinski definition) is 0. The molecule has 5 nitrogen and oxygen atoms in total. The van der Waals surface area contributed by atoms with Crippen LogP contribution in [0, 0.1) is 12.8 Å². The van der Waals surface area contributed by atoms with Crippen LogP contribution in [0.1, 0.15) is 51.3 Å². The normalized spacial score (nSPS) is 16.9. The Labute approximate surface area is 245 Å². The van der Waals surface area contributed by atoms with Crippen LogP contribution in [0.15, 0.2) is 90.0 Å². The number of aromatic nitrogens is 1. The van der Waals surface area contributed by atoms with Gasteiger partial charge in [-0.1, -0.05) is 61.5 Å². The number of aryl methyl sites for hydroxylation is 1. The fourth-order valence-corrected chi connectivity index (χ4v) is 5.90. The van der Waals surface area contributed by atoms with E-state index in [2.05, 4.69) is 147 Å². The third kappa shape index (κ3) is 5.85.